The van der Waals surface area contributed by atoms with Crippen molar-refractivity contribution in [2.75, 3.05) is 6.54 Å². The molecular weight excluding hydrogens is 324 g/mol. The van der Waals surface area contributed by atoms with Gasteiger partial charge in [-0.15, -0.1) is 0 Å². The molecule has 5 heteroatoms. The number of aromatic nitrogens is 3. The third kappa shape index (κ3) is 2.87. The molecule has 5 nitrogen and oxygen atoms in total. The van der Waals surface area contributed by atoms with E-state index in [1.165, 1.54) is 5.56 Å². The van der Waals surface area contributed by atoms with Gasteiger partial charge in [-0.25, -0.2) is 9.50 Å². The zero-order chi connectivity index (χ0) is 18.5. The number of benzene rings is 1. The van der Waals surface area contributed by atoms with Crippen molar-refractivity contribution in [3.8, 4) is 0 Å². The summed E-state index contributed by atoms with van der Waals surface area (Å²) in [6.07, 6.45) is 2.68. The molecule has 1 aliphatic heterocycles. The SMILES string of the molecule is Cc1cc2ncc3c(n2n1)CCN(C(=O)c1ccc(C(C)(C)C)cc1)C3. The minimum absolute atomic E-state index is 0.0767. The largest absolute Gasteiger partial charge is 0.334 e. The van der Waals surface area contributed by atoms with Crippen LogP contribution in [0.4, 0.5) is 0 Å². The molecule has 0 bridgehead atoms. The maximum Gasteiger partial charge on any atom is 0.254 e. The van der Waals surface area contributed by atoms with Crippen molar-refractivity contribution < 1.29 is 4.79 Å². The Bertz CT molecular complexity index is 980. The Balaban J connectivity index is 1.58. The fourth-order valence-electron chi connectivity index (χ4n) is 3.52. The number of carbonyl (C=O) groups excluding carboxylic acids is 1. The molecule has 134 valence electrons. The van der Waals surface area contributed by atoms with Crippen LogP contribution in [0.1, 0.15) is 53.6 Å². The molecule has 2 aromatic heterocycles. The molecule has 3 heterocycles. The Morgan fingerprint density at radius 3 is 2.58 bits per heavy atom. The predicted molar refractivity (Wildman–Crippen MR) is 101 cm³/mol. The van der Waals surface area contributed by atoms with Crippen LogP contribution >= 0.6 is 0 Å². The summed E-state index contributed by atoms with van der Waals surface area (Å²) >= 11 is 0. The van der Waals surface area contributed by atoms with E-state index in [4.69, 9.17) is 0 Å². The number of aryl methyl sites for hydroxylation is 1. The molecule has 0 saturated carbocycles. The highest BCUT2D eigenvalue weighted by molar-refractivity contribution is 5.94. The smallest absolute Gasteiger partial charge is 0.254 e. The Kier molecular flexibility index (Phi) is 3.83. The molecule has 1 amide bonds. The van der Waals surface area contributed by atoms with Gasteiger partial charge < -0.3 is 4.90 Å². The quantitative estimate of drug-likeness (QED) is 0.676. The maximum atomic E-state index is 12.9. The predicted octanol–water partition coefficient (Wildman–Crippen LogP) is 3.53. The normalized spacial score (nSPS) is 14.5. The Hall–Kier alpha value is -2.69. The monoisotopic (exact) mass is 348 g/mol. The molecule has 0 spiro atoms. The summed E-state index contributed by atoms with van der Waals surface area (Å²) in [5, 5.41) is 4.54. The molecular formula is C21H24N4O. The molecule has 0 N–H and O–H groups in total. The topological polar surface area (TPSA) is 50.5 Å². The summed E-state index contributed by atoms with van der Waals surface area (Å²) in [7, 11) is 0. The lowest BCUT2D eigenvalue weighted by atomic mass is 9.86. The van der Waals surface area contributed by atoms with Crippen LogP contribution in [-0.4, -0.2) is 31.9 Å². The van der Waals surface area contributed by atoms with Gasteiger partial charge in [0.1, 0.15) is 0 Å². The highest BCUT2D eigenvalue weighted by atomic mass is 16.2. The highest BCUT2D eigenvalue weighted by Crippen LogP contribution is 2.24. The van der Waals surface area contributed by atoms with Gasteiger partial charge in [0, 0.05) is 42.9 Å². The van der Waals surface area contributed by atoms with Gasteiger partial charge in [-0.05, 0) is 30.0 Å². The van der Waals surface area contributed by atoms with E-state index in [9.17, 15) is 4.79 Å². The number of amides is 1. The van der Waals surface area contributed by atoms with E-state index >= 15 is 0 Å². The van der Waals surface area contributed by atoms with E-state index in [-0.39, 0.29) is 11.3 Å². The van der Waals surface area contributed by atoms with Crippen LogP contribution < -0.4 is 0 Å². The number of hydrogen-bond acceptors (Lipinski definition) is 3. The first kappa shape index (κ1) is 16.8. The number of carbonyl (C=O) groups is 1. The lowest BCUT2D eigenvalue weighted by Crippen LogP contribution is -2.37. The average molecular weight is 348 g/mol. The maximum absolute atomic E-state index is 12.9. The number of fused-ring (bicyclic) bond motifs is 3. The minimum Gasteiger partial charge on any atom is -0.334 e. The molecule has 0 unspecified atom stereocenters. The lowest BCUT2D eigenvalue weighted by molar-refractivity contribution is 0.0732. The first-order valence-electron chi connectivity index (χ1n) is 9.06. The third-order valence-corrected chi connectivity index (χ3v) is 5.06. The fourth-order valence-corrected chi connectivity index (χ4v) is 3.52. The fraction of sp³-hybridized carbons (Fsp3) is 0.381. The number of hydrogen-bond donors (Lipinski definition) is 0. The Morgan fingerprint density at radius 1 is 1.15 bits per heavy atom. The molecule has 0 atom stereocenters. The van der Waals surface area contributed by atoms with Crippen LogP contribution in [0.25, 0.3) is 5.65 Å². The van der Waals surface area contributed by atoms with Gasteiger partial charge in [-0.2, -0.15) is 5.10 Å². The second-order valence-electron chi connectivity index (χ2n) is 8.09. The van der Waals surface area contributed by atoms with E-state index in [1.54, 1.807) is 0 Å². The third-order valence-electron chi connectivity index (χ3n) is 5.06. The molecule has 3 aromatic rings. The van der Waals surface area contributed by atoms with Crippen molar-refractivity contribution >= 4 is 11.6 Å². The van der Waals surface area contributed by atoms with E-state index in [1.807, 2.05) is 40.7 Å². The Morgan fingerprint density at radius 2 is 1.88 bits per heavy atom. The van der Waals surface area contributed by atoms with Gasteiger partial charge in [0.15, 0.2) is 5.65 Å². The molecule has 0 fully saturated rings. The van der Waals surface area contributed by atoms with Crippen LogP contribution in [0, 0.1) is 6.92 Å². The Labute approximate surface area is 153 Å². The average Bonchev–Trinajstić information content (AvgIpc) is 3.00. The van der Waals surface area contributed by atoms with Crippen molar-refractivity contribution in [2.24, 2.45) is 0 Å². The zero-order valence-corrected chi connectivity index (χ0v) is 15.8. The van der Waals surface area contributed by atoms with Gasteiger partial charge in [-0.3, -0.25) is 4.79 Å². The molecule has 1 aromatic carbocycles. The molecule has 0 aliphatic carbocycles. The molecule has 0 saturated heterocycles. The molecule has 1 aliphatic rings. The van der Waals surface area contributed by atoms with E-state index in [2.05, 4.69) is 43.0 Å². The number of rotatable bonds is 1. The summed E-state index contributed by atoms with van der Waals surface area (Å²) in [5.74, 6) is 0.0767. The van der Waals surface area contributed by atoms with Crippen molar-refractivity contribution in [1.82, 2.24) is 19.5 Å². The lowest BCUT2D eigenvalue weighted by Gasteiger charge is -2.29. The minimum atomic E-state index is 0.0767. The van der Waals surface area contributed by atoms with Crippen molar-refractivity contribution in [2.45, 2.75) is 46.1 Å². The summed E-state index contributed by atoms with van der Waals surface area (Å²) < 4.78 is 1.92. The van der Waals surface area contributed by atoms with Gasteiger partial charge in [0.2, 0.25) is 0 Å². The molecule has 0 radical (unpaired) electrons. The van der Waals surface area contributed by atoms with Crippen LogP contribution in [0.3, 0.4) is 0 Å². The molecule has 26 heavy (non-hydrogen) atoms. The van der Waals surface area contributed by atoms with Crippen LogP contribution in [0.15, 0.2) is 36.5 Å². The van der Waals surface area contributed by atoms with Crippen LogP contribution in [0.2, 0.25) is 0 Å². The number of nitrogens with zero attached hydrogens (tertiary/aromatic N) is 4. The van der Waals surface area contributed by atoms with Gasteiger partial charge in [0.05, 0.1) is 11.4 Å². The first-order chi connectivity index (χ1) is 12.3. The molecule has 4 rings (SSSR count). The van der Waals surface area contributed by atoms with Gasteiger partial charge in [0.25, 0.3) is 5.91 Å². The van der Waals surface area contributed by atoms with Gasteiger partial charge >= 0.3 is 0 Å². The summed E-state index contributed by atoms with van der Waals surface area (Å²) in [6.45, 7) is 9.78. The summed E-state index contributed by atoms with van der Waals surface area (Å²) in [6, 6.07) is 9.98. The van der Waals surface area contributed by atoms with E-state index in [0.717, 1.165) is 34.6 Å². The second-order valence-corrected chi connectivity index (χ2v) is 8.09. The van der Waals surface area contributed by atoms with Crippen molar-refractivity contribution in [1.29, 1.82) is 0 Å². The standard InChI is InChI=1S/C21H24N4O/c1-14-11-19-22-12-16-13-24(10-9-18(16)25(19)23-14)20(26)15-5-7-17(8-6-15)21(2,3)4/h5-8,11-12H,9-10,13H2,1-4H3. The summed E-state index contributed by atoms with van der Waals surface area (Å²) in [5.41, 5.74) is 6.14. The van der Waals surface area contributed by atoms with Crippen molar-refractivity contribution in [3.05, 3.63) is 64.6 Å². The highest BCUT2D eigenvalue weighted by Gasteiger charge is 2.24. The van der Waals surface area contributed by atoms with Crippen LogP contribution in [-0.2, 0) is 18.4 Å². The zero-order valence-electron chi connectivity index (χ0n) is 15.8. The second kappa shape index (κ2) is 5.94. The van der Waals surface area contributed by atoms with Crippen molar-refractivity contribution in [3.63, 3.8) is 0 Å². The van der Waals surface area contributed by atoms with E-state index < -0.39 is 0 Å². The van der Waals surface area contributed by atoms with Crippen LogP contribution in [0.5, 0.6) is 0 Å². The van der Waals surface area contributed by atoms with Gasteiger partial charge in [-0.1, -0.05) is 32.9 Å². The first-order valence-corrected chi connectivity index (χ1v) is 9.06. The summed E-state index contributed by atoms with van der Waals surface area (Å²) in [4.78, 5) is 19.3. The van der Waals surface area contributed by atoms with E-state index in [0.29, 0.717) is 13.1 Å².